The van der Waals surface area contributed by atoms with Crippen LogP contribution in [0, 0.1) is 13.8 Å². The van der Waals surface area contributed by atoms with Crippen molar-refractivity contribution in [2.75, 3.05) is 4.72 Å². The van der Waals surface area contributed by atoms with Crippen LogP contribution >= 0.6 is 11.3 Å². The van der Waals surface area contributed by atoms with Gasteiger partial charge in [0.1, 0.15) is 4.90 Å². The number of sulfonamides is 1. The molecular formula is C9H12N4O2S2. The van der Waals surface area contributed by atoms with Crippen LogP contribution in [-0.2, 0) is 17.1 Å². The molecule has 0 radical (unpaired) electrons. The zero-order valence-electron chi connectivity index (χ0n) is 9.63. The summed E-state index contributed by atoms with van der Waals surface area (Å²) in [5, 5.41) is 4.28. The molecule has 0 amide bonds. The SMILES string of the molecule is Cc1cnc(NS(=O)(=O)c2cnn(C)c2C)s1. The first kappa shape index (κ1) is 12.1. The molecule has 2 rings (SSSR count). The van der Waals surface area contributed by atoms with Crippen molar-refractivity contribution in [2.45, 2.75) is 18.7 Å². The van der Waals surface area contributed by atoms with Crippen LogP contribution in [0.25, 0.3) is 0 Å². The zero-order chi connectivity index (χ0) is 12.6. The lowest BCUT2D eigenvalue weighted by Crippen LogP contribution is -2.13. The molecule has 0 saturated carbocycles. The van der Waals surface area contributed by atoms with Crippen molar-refractivity contribution in [3.8, 4) is 0 Å². The molecule has 17 heavy (non-hydrogen) atoms. The van der Waals surface area contributed by atoms with Gasteiger partial charge in [-0.15, -0.1) is 11.3 Å². The van der Waals surface area contributed by atoms with Crippen LogP contribution in [0.3, 0.4) is 0 Å². The van der Waals surface area contributed by atoms with Crippen LogP contribution in [0.15, 0.2) is 17.3 Å². The lowest BCUT2D eigenvalue weighted by molar-refractivity contribution is 0.600. The molecule has 0 aliphatic carbocycles. The minimum absolute atomic E-state index is 0.174. The summed E-state index contributed by atoms with van der Waals surface area (Å²) < 4.78 is 28.0. The monoisotopic (exact) mass is 272 g/mol. The Morgan fingerprint density at radius 3 is 2.53 bits per heavy atom. The highest BCUT2D eigenvalue weighted by Crippen LogP contribution is 2.22. The number of nitrogens with zero attached hydrogens (tertiary/aromatic N) is 3. The second-order valence-corrected chi connectivity index (χ2v) is 6.48. The van der Waals surface area contributed by atoms with E-state index >= 15 is 0 Å². The molecule has 2 heterocycles. The van der Waals surface area contributed by atoms with Gasteiger partial charge >= 0.3 is 0 Å². The maximum Gasteiger partial charge on any atom is 0.267 e. The summed E-state index contributed by atoms with van der Waals surface area (Å²) in [4.78, 5) is 5.09. The van der Waals surface area contributed by atoms with E-state index in [1.165, 1.54) is 22.2 Å². The number of aromatic nitrogens is 3. The van der Waals surface area contributed by atoms with Crippen molar-refractivity contribution in [3.05, 3.63) is 23.0 Å². The topological polar surface area (TPSA) is 76.9 Å². The largest absolute Gasteiger partial charge is 0.272 e. The molecule has 2 aromatic rings. The Morgan fingerprint density at radius 1 is 1.35 bits per heavy atom. The Hall–Kier alpha value is -1.41. The number of aryl methyl sites for hydroxylation is 2. The minimum atomic E-state index is -3.60. The molecule has 1 N–H and O–H groups in total. The van der Waals surface area contributed by atoms with E-state index in [0.717, 1.165) is 4.88 Å². The number of anilines is 1. The van der Waals surface area contributed by atoms with Crippen LogP contribution in [0.2, 0.25) is 0 Å². The van der Waals surface area contributed by atoms with Crippen LogP contribution < -0.4 is 4.72 Å². The fourth-order valence-electron chi connectivity index (χ4n) is 1.31. The molecule has 92 valence electrons. The van der Waals surface area contributed by atoms with E-state index in [1.807, 2.05) is 6.92 Å². The van der Waals surface area contributed by atoms with Crippen molar-refractivity contribution < 1.29 is 8.42 Å². The van der Waals surface area contributed by atoms with Crippen molar-refractivity contribution in [3.63, 3.8) is 0 Å². The molecule has 6 nitrogen and oxygen atoms in total. The summed E-state index contributed by atoms with van der Waals surface area (Å²) in [6.45, 7) is 3.57. The number of hydrogen-bond donors (Lipinski definition) is 1. The second kappa shape index (κ2) is 4.11. The Bertz CT molecular complexity index is 642. The molecule has 0 unspecified atom stereocenters. The molecule has 8 heteroatoms. The van der Waals surface area contributed by atoms with E-state index in [2.05, 4.69) is 14.8 Å². The van der Waals surface area contributed by atoms with Gasteiger partial charge in [-0.25, -0.2) is 13.4 Å². The predicted molar refractivity (Wildman–Crippen MR) is 65.6 cm³/mol. The Kier molecular flexibility index (Phi) is 2.92. The van der Waals surface area contributed by atoms with E-state index in [9.17, 15) is 8.42 Å². The first-order chi connectivity index (χ1) is 7.90. The van der Waals surface area contributed by atoms with Crippen molar-refractivity contribution >= 4 is 26.5 Å². The average molecular weight is 272 g/mol. The minimum Gasteiger partial charge on any atom is -0.272 e. The van der Waals surface area contributed by atoms with E-state index in [1.54, 1.807) is 20.2 Å². The summed E-state index contributed by atoms with van der Waals surface area (Å²) in [7, 11) is -1.90. The fourth-order valence-corrected chi connectivity index (χ4v) is 3.43. The number of nitrogens with one attached hydrogen (secondary N) is 1. The number of hydrogen-bond acceptors (Lipinski definition) is 5. The zero-order valence-corrected chi connectivity index (χ0v) is 11.3. The second-order valence-electron chi connectivity index (χ2n) is 3.60. The lowest BCUT2D eigenvalue weighted by Gasteiger charge is -2.03. The summed E-state index contributed by atoms with van der Waals surface area (Å²) in [6.07, 6.45) is 2.96. The van der Waals surface area contributed by atoms with Gasteiger partial charge in [0.2, 0.25) is 0 Å². The van der Waals surface area contributed by atoms with E-state index < -0.39 is 10.0 Å². The van der Waals surface area contributed by atoms with Gasteiger partial charge in [0.25, 0.3) is 10.0 Å². The molecule has 0 aliphatic heterocycles. The summed E-state index contributed by atoms with van der Waals surface area (Å²) >= 11 is 1.29. The van der Waals surface area contributed by atoms with Gasteiger partial charge in [0, 0.05) is 18.1 Å². The van der Waals surface area contributed by atoms with Gasteiger partial charge in [0.05, 0.1) is 11.9 Å². The first-order valence-electron chi connectivity index (χ1n) is 4.84. The molecular weight excluding hydrogens is 260 g/mol. The maximum absolute atomic E-state index is 12.0. The smallest absolute Gasteiger partial charge is 0.267 e. The Labute approximate surface area is 103 Å². The predicted octanol–water partition coefficient (Wildman–Crippen LogP) is 1.29. The fraction of sp³-hybridized carbons (Fsp3) is 0.333. The summed E-state index contributed by atoms with van der Waals surface area (Å²) in [6, 6.07) is 0. The normalized spacial score (nSPS) is 11.7. The molecule has 0 atom stereocenters. The van der Waals surface area contributed by atoms with Crippen LogP contribution in [0.5, 0.6) is 0 Å². The molecule has 0 fully saturated rings. The van der Waals surface area contributed by atoms with E-state index in [4.69, 9.17) is 0 Å². The first-order valence-corrected chi connectivity index (χ1v) is 7.14. The highest BCUT2D eigenvalue weighted by molar-refractivity contribution is 7.93. The third-order valence-corrected chi connectivity index (χ3v) is 4.72. The van der Waals surface area contributed by atoms with Crippen molar-refractivity contribution in [1.82, 2.24) is 14.8 Å². The Balaban J connectivity index is 2.34. The number of thiazole rings is 1. The van der Waals surface area contributed by atoms with Gasteiger partial charge in [-0.1, -0.05) is 0 Å². The molecule has 0 bridgehead atoms. The molecule has 2 aromatic heterocycles. The quantitative estimate of drug-likeness (QED) is 0.913. The third kappa shape index (κ3) is 2.32. The summed E-state index contributed by atoms with van der Waals surface area (Å²) in [5.74, 6) is 0. The molecule has 0 spiro atoms. The highest BCUT2D eigenvalue weighted by atomic mass is 32.2. The van der Waals surface area contributed by atoms with Crippen LogP contribution in [0.1, 0.15) is 10.6 Å². The van der Waals surface area contributed by atoms with Crippen LogP contribution in [-0.4, -0.2) is 23.2 Å². The standard InChI is InChI=1S/C9H12N4O2S2/c1-6-4-10-9(16-6)12-17(14,15)8-5-11-13(3)7(8)2/h4-5H,1-3H3,(H,10,12). The Morgan fingerprint density at radius 2 is 2.06 bits per heavy atom. The van der Waals surface area contributed by atoms with Gasteiger partial charge in [-0.05, 0) is 13.8 Å². The van der Waals surface area contributed by atoms with Crippen molar-refractivity contribution in [1.29, 1.82) is 0 Å². The number of rotatable bonds is 3. The molecule has 0 aliphatic rings. The van der Waals surface area contributed by atoms with Gasteiger partial charge in [-0.2, -0.15) is 5.10 Å². The van der Waals surface area contributed by atoms with E-state index in [0.29, 0.717) is 10.8 Å². The highest BCUT2D eigenvalue weighted by Gasteiger charge is 2.21. The van der Waals surface area contributed by atoms with Gasteiger partial charge in [0.15, 0.2) is 5.13 Å². The third-order valence-electron chi connectivity index (χ3n) is 2.32. The molecule has 0 aromatic carbocycles. The van der Waals surface area contributed by atoms with Crippen molar-refractivity contribution in [2.24, 2.45) is 7.05 Å². The van der Waals surface area contributed by atoms with Crippen LogP contribution in [0.4, 0.5) is 5.13 Å². The average Bonchev–Trinajstić information content (AvgIpc) is 2.75. The summed E-state index contributed by atoms with van der Waals surface area (Å²) in [5.41, 5.74) is 0.589. The van der Waals surface area contributed by atoms with Gasteiger partial charge in [-0.3, -0.25) is 9.40 Å². The molecule has 0 saturated heterocycles. The lowest BCUT2D eigenvalue weighted by atomic mass is 10.5. The maximum atomic E-state index is 12.0. The van der Waals surface area contributed by atoms with E-state index in [-0.39, 0.29) is 4.90 Å². The van der Waals surface area contributed by atoms with Gasteiger partial charge < -0.3 is 0 Å².